The van der Waals surface area contributed by atoms with Crippen molar-refractivity contribution in [3.63, 3.8) is 0 Å². The zero-order valence-electron chi connectivity index (χ0n) is 23.5. The first kappa shape index (κ1) is 32.0. The summed E-state index contributed by atoms with van der Waals surface area (Å²) in [5, 5.41) is 11.5. The van der Waals surface area contributed by atoms with Crippen molar-refractivity contribution in [2.45, 2.75) is 95.4 Å². The third kappa shape index (κ3) is 14.3. The highest BCUT2D eigenvalue weighted by Crippen LogP contribution is 2.36. The van der Waals surface area contributed by atoms with Crippen molar-refractivity contribution < 1.29 is 14.4 Å². The number of carbonyl (C=O) groups excluding carboxylic acids is 3. The third-order valence-electron chi connectivity index (χ3n) is 5.70. The minimum absolute atomic E-state index is 0.00997. The number of amides is 3. The van der Waals surface area contributed by atoms with Gasteiger partial charge >= 0.3 is 0 Å². The Hall–Kier alpha value is -1.99. The molecule has 0 saturated carbocycles. The van der Waals surface area contributed by atoms with Crippen LogP contribution in [0.2, 0.25) is 0 Å². The summed E-state index contributed by atoms with van der Waals surface area (Å²) >= 11 is 0. The number of nitrogens with one attached hydrogen (secondary N) is 3. The van der Waals surface area contributed by atoms with Crippen molar-refractivity contribution in [3.8, 4) is 0 Å². The highest BCUT2D eigenvalue weighted by Gasteiger charge is 2.33. The van der Waals surface area contributed by atoms with E-state index >= 15 is 0 Å². The molecule has 8 heteroatoms. The van der Waals surface area contributed by atoms with Gasteiger partial charge in [-0.2, -0.15) is 4.91 Å². The molecule has 0 rings (SSSR count). The van der Waals surface area contributed by atoms with E-state index in [9.17, 15) is 19.3 Å². The summed E-state index contributed by atoms with van der Waals surface area (Å²) in [5.41, 5.74) is -1.16. The molecule has 0 aliphatic carbocycles. The van der Waals surface area contributed by atoms with Crippen LogP contribution in [0.5, 0.6) is 0 Å². The molecule has 0 radical (unpaired) electrons. The summed E-state index contributed by atoms with van der Waals surface area (Å²) in [7, 11) is 0. The lowest BCUT2D eigenvalue weighted by Gasteiger charge is -2.37. The molecular weight excluding hydrogens is 432 g/mol. The minimum Gasteiger partial charge on any atom is -0.356 e. The Kier molecular flexibility index (Phi) is 11.4. The molecule has 0 atom stereocenters. The Bertz CT molecular complexity index is 719. The average molecular weight is 483 g/mol. The summed E-state index contributed by atoms with van der Waals surface area (Å²) < 4.78 is 0. The Morgan fingerprint density at radius 1 is 0.588 bits per heavy atom. The molecule has 34 heavy (non-hydrogen) atoms. The van der Waals surface area contributed by atoms with E-state index in [2.05, 4.69) is 76.5 Å². The summed E-state index contributed by atoms with van der Waals surface area (Å²) in [4.78, 5) is 46.7. The summed E-state index contributed by atoms with van der Waals surface area (Å²) in [6, 6.07) is 0. The summed E-state index contributed by atoms with van der Waals surface area (Å²) in [5.74, 6) is -0.339. The number of nitrogens with zero attached hydrogens (tertiary/aromatic N) is 1. The highest BCUT2D eigenvalue weighted by atomic mass is 16.3. The van der Waals surface area contributed by atoms with Gasteiger partial charge in [-0.05, 0) is 34.5 Å². The zero-order valence-corrected chi connectivity index (χ0v) is 23.5. The van der Waals surface area contributed by atoms with Crippen LogP contribution in [0, 0.1) is 32.0 Å². The number of nitroso groups, excluding NO2 is 1. The molecule has 3 amide bonds. The molecule has 0 bridgehead atoms. The molecule has 0 saturated heterocycles. The lowest BCUT2D eigenvalue weighted by Crippen LogP contribution is -2.43. The van der Waals surface area contributed by atoms with Gasteiger partial charge in [-0.15, -0.1) is 0 Å². The standard InChI is InChI=1S/C26H50N4O4/c1-22(2,3)21(33)29-18-24(6,7)14-23(4,5)12-19(31)27-16-25(8,9)15-26(10,11)17-28-20(32)13-30-34/h12-18H2,1-11H3,(H,27,31)(H,28,32)(H,29,33). The SMILES string of the molecule is CC(C)(CNC(=O)CN=O)CC(C)(C)CNC(=O)CC(C)(C)CC(C)(C)CNC(=O)C(C)(C)C. The van der Waals surface area contributed by atoms with Crippen LogP contribution >= 0.6 is 0 Å². The quantitative estimate of drug-likeness (QED) is 0.318. The molecule has 0 aromatic carbocycles. The van der Waals surface area contributed by atoms with Crippen LogP contribution in [0.1, 0.15) is 95.4 Å². The van der Waals surface area contributed by atoms with Gasteiger partial charge in [0.1, 0.15) is 0 Å². The molecule has 0 aromatic rings. The number of carbonyl (C=O) groups is 3. The maximum atomic E-state index is 12.8. The lowest BCUT2D eigenvalue weighted by atomic mass is 9.72. The van der Waals surface area contributed by atoms with E-state index in [1.165, 1.54) is 0 Å². The maximum absolute atomic E-state index is 12.8. The van der Waals surface area contributed by atoms with Gasteiger partial charge < -0.3 is 16.0 Å². The van der Waals surface area contributed by atoms with E-state index in [0.29, 0.717) is 26.1 Å². The van der Waals surface area contributed by atoms with Crippen molar-refractivity contribution in [2.24, 2.45) is 32.3 Å². The second kappa shape index (κ2) is 12.1. The molecule has 0 aromatic heterocycles. The molecule has 8 nitrogen and oxygen atoms in total. The van der Waals surface area contributed by atoms with Gasteiger partial charge in [-0.25, -0.2) is 0 Å². The number of rotatable bonds is 14. The van der Waals surface area contributed by atoms with Crippen molar-refractivity contribution in [3.05, 3.63) is 4.91 Å². The summed E-state index contributed by atoms with van der Waals surface area (Å²) in [6.07, 6.45) is 1.97. The monoisotopic (exact) mass is 482 g/mol. The first-order valence-corrected chi connectivity index (χ1v) is 12.2. The van der Waals surface area contributed by atoms with E-state index in [1.807, 2.05) is 20.8 Å². The minimum atomic E-state index is -0.425. The van der Waals surface area contributed by atoms with Crippen molar-refractivity contribution >= 4 is 17.7 Å². The van der Waals surface area contributed by atoms with Gasteiger partial charge in [0.05, 0.1) is 0 Å². The van der Waals surface area contributed by atoms with Gasteiger partial charge in [-0.1, -0.05) is 81.3 Å². The van der Waals surface area contributed by atoms with Crippen LogP contribution in [0.3, 0.4) is 0 Å². The first-order chi connectivity index (χ1) is 15.1. The second-order valence-electron chi connectivity index (χ2n) is 14.0. The van der Waals surface area contributed by atoms with E-state index in [4.69, 9.17) is 0 Å². The van der Waals surface area contributed by atoms with Crippen LogP contribution < -0.4 is 16.0 Å². The smallest absolute Gasteiger partial charge is 0.245 e. The molecule has 0 aliphatic heterocycles. The molecule has 0 unspecified atom stereocenters. The third-order valence-corrected chi connectivity index (χ3v) is 5.70. The lowest BCUT2D eigenvalue weighted by molar-refractivity contribution is -0.129. The topological polar surface area (TPSA) is 117 Å². The van der Waals surface area contributed by atoms with Crippen molar-refractivity contribution in [1.29, 1.82) is 0 Å². The average Bonchev–Trinajstić information content (AvgIpc) is 2.60. The van der Waals surface area contributed by atoms with E-state index in [1.54, 1.807) is 0 Å². The number of hydrogen-bond acceptors (Lipinski definition) is 5. The highest BCUT2D eigenvalue weighted by molar-refractivity contribution is 5.81. The van der Waals surface area contributed by atoms with Crippen LogP contribution in [0.15, 0.2) is 5.18 Å². The van der Waals surface area contributed by atoms with Gasteiger partial charge in [-0.3, -0.25) is 14.4 Å². The Morgan fingerprint density at radius 2 is 0.971 bits per heavy atom. The van der Waals surface area contributed by atoms with Crippen LogP contribution in [0.25, 0.3) is 0 Å². The van der Waals surface area contributed by atoms with Gasteiger partial charge in [0.25, 0.3) is 0 Å². The fourth-order valence-electron chi connectivity index (χ4n) is 4.71. The molecule has 198 valence electrons. The molecule has 0 fully saturated rings. The van der Waals surface area contributed by atoms with Gasteiger partial charge in [0, 0.05) is 31.5 Å². The largest absolute Gasteiger partial charge is 0.356 e. The fraction of sp³-hybridized carbons (Fsp3) is 0.885. The van der Waals surface area contributed by atoms with E-state index in [0.717, 1.165) is 12.8 Å². The van der Waals surface area contributed by atoms with Crippen LogP contribution in [0.4, 0.5) is 0 Å². The van der Waals surface area contributed by atoms with Crippen LogP contribution in [-0.2, 0) is 14.4 Å². The maximum Gasteiger partial charge on any atom is 0.245 e. The molecule has 0 heterocycles. The van der Waals surface area contributed by atoms with Crippen molar-refractivity contribution in [2.75, 3.05) is 26.2 Å². The summed E-state index contributed by atoms with van der Waals surface area (Å²) in [6.45, 7) is 23.5. The first-order valence-electron chi connectivity index (χ1n) is 12.2. The molecule has 0 spiro atoms. The van der Waals surface area contributed by atoms with Gasteiger partial charge in [0.15, 0.2) is 6.54 Å². The second-order valence-corrected chi connectivity index (χ2v) is 14.0. The molecule has 3 N–H and O–H groups in total. The van der Waals surface area contributed by atoms with Crippen molar-refractivity contribution in [1.82, 2.24) is 16.0 Å². The van der Waals surface area contributed by atoms with Gasteiger partial charge in [0.2, 0.25) is 17.7 Å². The fourth-order valence-corrected chi connectivity index (χ4v) is 4.71. The Labute approximate surface area is 207 Å². The van der Waals surface area contributed by atoms with E-state index < -0.39 is 5.41 Å². The predicted molar refractivity (Wildman–Crippen MR) is 138 cm³/mol. The Balaban J connectivity index is 4.73. The Morgan fingerprint density at radius 3 is 1.38 bits per heavy atom. The van der Waals surface area contributed by atoms with Crippen LogP contribution in [-0.4, -0.2) is 43.9 Å². The molecule has 0 aliphatic rings. The zero-order chi connectivity index (χ0) is 27.0. The number of hydrogen-bond donors (Lipinski definition) is 3. The predicted octanol–water partition coefficient (Wildman–Crippen LogP) is 4.42. The normalized spacial score (nSPS) is 13.3. The van der Waals surface area contributed by atoms with E-state index in [-0.39, 0.29) is 45.9 Å². The molecular formula is C26H50N4O4.